The minimum absolute atomic E-state index is 0.0331. The van der Waals surface area contributed by atoms with E-state index in [9.17, 15) is 13.2 Å². The van der Waals surface area contributed by atoms with Crippen molar-refractivity contribution >= 4 is 31.9 Å². The van der Waals surface area contributed by atoms with E-state index in [0.29, 0.717) is 19.4 Å². The highest BCUT2D eigenvalue weighted by molar-refractivity contribution is 9.10. The largest absolute Gasteiger partial charge is 0.480 e. The Labute approximate surface area is 126 Å². The highest BCUT2D eigenvalue weighted by Gasteiger charge is 2.24. The van der Waals surface area contributed by atoms with E-state index >= 15 is 0 Å². The molecule has 0 spiro atoms. The minimum atomic E-state index is -3.84. The highest BCUT2D eigenvalue weighted by Crippen LogP contribution is 2.15. The van der Waals surface area contributed by atoms with Crippen LogP contribution < -0.4 is 10.5 Å². The van der Waals surface area contributed by atoms with Gasteiger partial charge in [-0.2, -0.15) is 4.72 Å². The van der Waals surface area contributed by atoms with E-state index < -0.39 is 22.0 Å². The number of carbonyl (C=O) groups is 1. The lowest BCUT2D eigenvalue weighted by Gasteiger charge is -2.14. The van der Waals surface area contributed by atoms with Gasteiger partial charge in [-0.3, -0.25) is 4.79 Å². The number of nitrogens with two attached hydrogens (primary N) is 1. The van der Waals surface area contributed by atoms with Gasteiger partial charge in [0.2, 0.25) is 10.0 Å². The van der Waals surface area contributed by atoms with E-state index in [1.54, 1.807) is 12.1 Å². The number of hydrogen-bond acceptors (Lipinski definition) is 4. The Bertz CT molecular complexity index is 545. The van der Waals surface area contributed by atoms with Crippen molar-refractivity contribution in [3.8, 4) is 0 Å². The normalized spacial score (nSPS) is 13.1. The molecule has 0 saturated heterocycles. The lowest BCUT2D eigenvalue weighted by molar-refractivity contribution is -0.139. The van der Waals surface area contributed by atoms with E-state index in [4.69, 9.17) is 10.8 Å². The summed E-state index contributed by atoms with van der Waals surface area (Å²) in [5, 5.41) is 9.06. The molecule has 1 atom stereocenters. The summed E-state index contributed by atoms with van der Waals surface area (Å²) in [6.45, 7) is 0.450. The topological polar surface area (TPSA) is 109 Å². The average molecular weight is 365 g/mol. The molecule has 1 aromatic rings. The van der Waals surface area contributed by atoms with Crippen LogP contribution in [0.1, 0.15) is 19.3 Å². The van der Waals surface area contributed by atoms with Gasteiger partial charge >= 0.3 is 5.97 Å². The summed E-state index contributed by atoms with van der Waals surface area (Å²) >= 11 is 3.21. The van der Waals surface area contributed by atoms with E-state index in [2.05, 4.69) is 20.7 Å². The smallest absolute Gasteiger partial charge is 0.321 e. The Morgan fingerprint density at radius 2 is 1.90 bits per heavy atom. The Hall–Kier alpha value is -0.960. The number of rotatable bonds is 8. The zero-order chi connectivity index (χ0) is 15.2. The van der Waals surface area contributed by atoms with Gasteiger partial charge in [-0.15, -0.1) is 0 Å². The van der Waals surface area contributed by atoms with Crippen molar-refractivity contribution in [3.05, 3.63) is 28.7 Å². The molecule has 0 bridgehead atoms. The Balaban J connectivity index is 2.80. The van der Waals surface area contributed by atoms with Crippen LogP contribution in [0.25, 0.3) is 0 Å². The predicted octanol–water partition coefficient (Wildman–Crippen LogP) is 1.31. The average Bonchev–Trinajstić information content (AvgIpc) is 2.38. The maximum absolute atomic E-state index is 12.1. The second kappa shape index (κ2) is 7.72. The first-order valence-electron chi connectivity index (χ1n) is 6.07. The zero-order valence-corrected chi connectivity index (χ0v) is 13.2. The maximum atomic E-state index is 12.1. The van der Waals surface area contributed by atoms with Crippen LogP contribution in [0.4, 0.5) is 0 Å². The summed E-state index contributed by atoms with van der Waals surface area (Å²) in [5.41, 5.74) is 5.33. The molecule has 0 unspecified atom stereocenters. The third-order valence-electron chi connectivity index (χ3n) is 2.67. The summed E-state index contributed by atoms with van der Waals surface area (Å²) in [6.07, 6.45) is 1.42. The molecule has 0 saturated carbocycles. The van der Waals surface area contributed by atoms with Crippen molar-refractivity contribution in [3.63, 3.8) is 0 Å². The number of benzene rings is 1. The lowest BCUT2D eigenvalue weighted by atomic mass is 10.1. The maximum Gasteiger partial charge on any atom is 0.321 e. The Morgan fingerprint density at radius 3 is 2.40 bits per heavy atom. The van der Waals surface area contributed by atoms with Crippen molar-refractivity contribution in [1.29, 1.82) is 0 Å². The van der Waals surface area contributed by atoms with Gasteiger partial charge in [-0.05, 0) is 43.7 Å². The predicted molar refractivity (Wildman–Crippen MR) is 78.8 cm³/mol. The molecule has 8 heteroatoms. The van der Waals surface area contributed by atoms with Gasteiger partial charge in [-0.1, -0.05) is 22.4 Å². The van der Waals surface area contributed by atoms with Gasteiger partial charge in [0.1, 0.15) is 6.04 Å². The Morgan fingerprint density at radius 1 is 1.30 bits per heavy atom. The molecule has 6 nitrogen and oxygen atoms in total. The number of unbranched alkanes of at least 4 members (excludes halogenated alkanes) is 1. The fourth-order valence-electron chi connectivity index (χ4n) is 1.59. The molecule has 0 aliphatic heterocycles. The fraction of sp³-hybridized carbons (Fsp3) is 0.417. The van der Waals surface area contributed by atoms with Crippen molar-refractivity contribution in [2.24, 2.45) is 5.73 Å². The van der Waals surface area contributed by atoms with Gasteiger partial charge in [0.15, 0.2) is 0 Å². The Kier molecular flexibility index (Phi) is 6.60. The quantitative estimate of drug-likeness (QED) is 0.602. The first kappa shape index (κ1) is 17.1. The molecular formula is C12H17BrN2O4S. The van der Waals surface area contributed by atoms with Crippen molar-refractivity contribution in [2.45, 2.75) is 30.2 Å². The van der Waals surface area contributed by atoms with E-state index in [1.807, 2.05) is 0 Å². The van der Waals surface area contributed by atoms with Crippen LogP contribution in [0.2, 0.25) is 0 Å². The van der Waals surface area contributed by atoms with E-state index in [-0.39, 0.29) is 11.3 Å². The molecule has 112 valence electrons. The van der Waals surface area contributed by atoms with Gasteiger partial charge in [0.05, 0.1) is 4.90 Å². The van der Waals surface area contributed by atoms with Crippen molar-refractivity contribution in [1.82, 2.24) is 4.72 Å². The standard InChI is InChI=1S/C12H17BrN2O4S/c13-9-4-6-10(7-5-9)20(18,19)15-11(12(16)17)3-1-2-8-14/h4-7,11,15H,1-3,8,14H2,(H,16,17)/t11-/m0/s1. The summed E-state index contributed by atoms with van der Waals surface area (Å²) in [5.74, 6) is -1.19. The van der Waals surface area contributed by atoms with Crippen LogP contribution in [0.3, 0.4) is 0 Å². The number of sulfonamides is 1. The number of carboxylic acids is 1. The molecule has 0 aliphatic rings. The van der Waals surface area contributed by atoms with Crippen molar-refractivity contribution < 1.29 is 18.3 Å². The van der Waals surface area contributed by atoms with Gasteiger partial charge in [-0.25, -0.2) is 8.42 Å². The highest BCUT2D eigenvalue weighted by atomic mass is 79.9. The summed E-state index contributed by atoms with van der Waals surface area (Å²) in [6, 6.07) is 4.84. The molecule has 20 heavy (non-hydrogen) atoms. The van der Waals surface area contributed by atoms with Crippen molar-refractivity contribution in [2.75, 3.05) is 6.54 Å². The number of carboxylic acid groups (broad SMARTS) is 1. The summed E-state index contributed by atoms with van der Waals surface area (Å²) < 4.78 is 27.1. The van der Waals surface area contributed by atoms with Crippen LogP contribution in [0, 0.1) is 0 Å². The minimum Gasteiger partial charge on any atom is -0.480 e. The van der Waals surface area contributed by atoms with E-state index in [1.165, 1.54) is 12.1 Å². The first-order valence-corrected chi connectivity index (χ1v) is 8.35. The molecule has 0 fully saturated rings. The third kappa shape index (κ3) is 5.20. The first-order chi connectivity index (χ1) is 9.36. The number of nitrogens with one attached hydrogen (secondary N) is 1. The summed E-state index contributed by atoms with van der Waals surface area (Å²) in [7, 11) is -3.84. The fourth-order valence-corrected chi connectivity index (χ4v) is 3.08. The molecule has 0 aliphatic carbocycles. The van der Waals surface area contributed by atoms with Gasteiger partial charge in [0, 0.05) is 4.47 Å². The second-order valence-electron chi connectivity index (χ2n) is 4.25. The van der Waals surface area contributed by atoms with Crippen LogP contribution in [-0.4, -0.2) is 32.1 Å². The molecule has 1 rings (SSSR count). The van der Waals surface area contributed by atoms with Crippen LogP contribution in [-0.2, 0) is 14.8 Å². The number of hydrogen-bond donors (Lipinski definition) is 3. The van der Waals surface area contributed by atoms with Crippen LogP contribution in [0.5, 0.6) is 0 Å². The van der Waals surface area contributed by atoms with Crippen LogP contribution in [0.15, 0.2) is 33.6 Å². The number of halogens is 1. The molecule has 1 aromatic carbocycles. The SMILES string of the molecule is NCCCC[C@H](NS(=O)(=O)c1ccc(Br)cc1)C(=O)O. The van der Waals surface area contributed by atoms with Crippen LogP contribution >= 0.6 is 15.9 Å². The van der Waals surface area contributed by atoms with Gasteiger partial charge in [0.25, 0.3) is 0 Å². The molecule has 0 radical (unpaired) electrons. The zero-order valence-electron chi connectivity index (χ0n) is 10.8. The van der Waals surface area contributed by atoms with E-state index in [0.717, 1.165) is 4.47 Å². The third-order valence-corrected chi connectivity index (χ3v) is 4.68. The summed E-state index contributed by atoms with van der Waals surface area (Å²) in [4.78, 5) is 11.1. The second-order valence-corrected chi connectivity index (χ2v) is 6.88. The molecule has 0 heterocycles. The molecule has 0 aromatic heterocycles. The molecular weight excluding hydrogens is 348 g/mol. The van der Waals surface area contributed by atoms with Gasteiger partial charge < -0.3 is 10.8 Å². The number of aliphatic carboxylic acids is 1. The molecule has 4 N–H and O–H groups in total. The lowest BCUT2D eigenvalue weighted by Crippen LogP contribution is -2.40. The molecule has 0 amide bonds. The monoisotopic (exact) mass is 364 g/mol.